The van der Waals surface area contributed by atoms with Crippen molar-refractivity contribution in [2.24, 2.45) is 0 Å². The van der Waals surface area contributed by atoms with Gasteiger partial charge in [0.15, 0.2) is 0 Å². The summed E-state index contributed by atoms with van der Waals surface area (Å²) in [5.74, 6) is 0. The fourth-order valence-electron chi connectivity index (χ4n) is 0.645. The van der Waals surface area contributed by atoms with E-state index >= 15 is 0 Å². The molecule has 0 atom stereocenters. The number of hydrogen-bond donors (Lipinski definition) is 0. The quantitative estimate of drug-likeness (QED) is 0.353. The Labute approximate surface area is 99.1 Å². The van der Waals surface area contributed by atoms with Gasteiger partial charge in [0, 0.05) is 0 Å². The van der Waals surface area contributed by atoms with Gasteiger partial charge in [-0.25, -0.2) is 0 Å². The average molecular weight is 144 g/mol. The first-order chi connectivity index (χ1) is 3.93. The summed E-state index contributed by atoms with van der Waals surface area (Å²) in [6.07, 6.45) is 0.890. The third kappa shape index (κ3) is 3.53. The second-order valence-electron chi connectivity index (χ2n) is 1.74. The van der Waals surface area contributed by atoms with Crippen LogP contribution in [0.3, 0.4) is 0 Å². The fourth-order valence-corrected chi connectivity index (χ4v) is 0.645. The summed E-state index contributed by atoms with van der Waals surface area (Å²) in [6.45, 7) is 3.76. The minimum absolute atomic E-state index is 0. The third-order valence-corrected chi connectivity index (χ3v) is 1.13. The standard InChI is InChI=1S/C8H9.K/c1-2-8-6-4-3-5-7-8;/h3-7H,1-2H2;/q-1;+1. The van der Waals surface area contributed by atoms with Crippen LogP contribution in [0.4, 0.5) is 0 Å². The van der Waals surface area contributed by atoms with Crippen molar-refractivity contribution in [3.63, 3.8) is 0 Å². The molecular weight excluding hydrogens is 135 g/mol. The van der Waals surface area contributed by atoms with Crippen LogP contribution in [0.1, 0.15) is 5.56 Å². The van der Waals surface area contributed by atoms with E-state index in [4.69, 9.17) is 0 Å². The van der Waals surface area contributed by atoms with Crippen molar-refractivity contribution in [1.29, 1.82) is 0 Å². The average Bonchev–Trinajstić information content (AvgIpc) is 1.90. The summed E-state index contributed by atoms with van der Waals surface area (Å²) in [5.41, 5.74) is 1.30. The molecule has 0 bridgehead atoms. The number of rotatable bonds is 1. The Hall–Kier alpha value is 0.856. The van der Waals surface area contributed by atoms with Crippen LogP contribution >= 0.6 is 0 Å². The van der Waals surface area contributed by atoms with Crippen LogP contribution in [-0.4, -0.2) is 0 Å². The Bertz CT molecular complexity index is 146. The molecule has 0 nitrogen and oxygen atoms in total. The van der Waals surface area contributed by atoms with Gasteiger partial charge in [0.2, 0.25) is 0 Å². The van der Waals surface area contributed by atoms with Gasteiger partial charge >= 0.3 is 51.4 Å². The summed E-state index contributed by atoms with van der Waals surface area (Å²) >= 11 is 0. The van der Waals surface area contributed by atoms with Crippen molar-refractivity contribution in [2.75, 3.05) is 0 Å². The molecule has 0 unspecified atom stereocenters. The van der Waals surface area contributed by atoms with Crippen molar-refractivity contribution in [1.82, 2.24) is 0 Å². The van der Waals surface area contributed by atoms with E-state index in [0.29, 0.717) is 0 Å². The normalized spacial score (nSPS) is 8.11. The molecule has 0 saturated carbocycles. The van der Waals surface area contributed by atoms with Crippen molar-refractivity contribution < 1.29 is 51.4 Å². The Morgan fingerprint density at radius 3 is 2.00 bits per heavy atom. The summed E-state index contributed by atoms with van der Waals surface area (Å²) in [7, 11) is 0. The van der Waals surface area contributed by atoms with Crippen molar-refractivity contribution in [3.8, 4) is 0 Å². The minimum atomic E-state index is 0. The van der Waals surface area contributed by atoms with Gasteiger partial charge in [-0.2, -0.15) is 6.42 Å². The van der Waals surface area contributed by atoms with E-state index in [1.54, 1.807) is 0 Å². The molecule has 0 N–H and O–H groups in total. The van der Waals surface area contributed by atoms with Crippen LogP contribution in [0.5, 0.6) is 0 Å². The van der Waals surface area contributed by atoms with Gasteiger partial charge in [-0.1, -0.05) is 35.9 Å². The molecule has 0 radical (unpaired) electrons. The summed E-state index contributed by atoms with van der Waals surface area (Å²) in [5, 5.41) is 0. The molecule has 0 spiro atoms. The molecule has 0 aliphatic carbocycles. The first-order valence-electron chi connectivity index (χ1n) is 2.76. The van der Waals surface area contributed by atoms with E-state index < -0.39 is 0 Å². The molecule has 1 rings (SSSR count). The zero-order valence-corrected chi connectivity index (χ0v) is 8.92. The Morgan fingerprint density at radius 2 is 1.67 bits per heavy atom. The third-order valence-electron chi connectivity index (χ3n) is 1.13. The number of hydrogen-bond acceptors (Lipinski definition) is 0. The molecule has 0 heterocycles. The molecule has 42 valence electrons. The van der Waals surface area contributed by atoms with E-state index in [2.05, 4.69) is 19.1 Å². The smallest absolute Gasteiger partial charge is 0.339 e. The molecule has 1 aromatic rings. The van der Waals surface area contributed by atoms with Crippen LogP contribution in [0.25, 0.3) is 0 Å². The second-order valence-corrected chi connectivity index (χ2v) is 1.74. The molecule has 9 heavy (non-hydrogen) atoms. The van der Waals surface area contributed by atoms with Gasteiger partial charge in [-0.05, 0) is 0 Å². The van der Waals surface area contributed by atoms with E-state index in [0.717, 1.165) is 6.42 Å². The summed E-state index contributed by atoms with van der Waals surface area (Å²) < 4.78 is 0. The molecule has 1 aromatic carbocycles. The monoisotopic (exact) mass is 144 g/mol. The summed E-state index contributed by atoms with van der Waals surface area (Å²) in [4.78, 5) is 0. The topological polar surface area (TPSA) is 0 Å². The fraction of sp³-hybridized carbons (Fsp3) is 0.125. The van der Waals surface area contributed by atoms with E-state index in [9.17, 15) is 0 Å². The van der Waals surface area contributed by atoms with Crippen LogP contribution in [0.2, 0.25) is 0 Å². The molecule has 0 aliphatic rings. The predicted octanol–water partition coefficient (Wildman–Crippen LogP) is -0.933. The maximum atomic E-state index is 3.76. The van der Waals surface area contributed by atoms with Crippen LogP contribution in [0.15, 0.2) is 30.3 Å². The SMILES string of the molecule is [CH2-]Cc1ccccc1.[K+]. The van der Waals surface area contributed by atoms with Gasteiger partial charge in [0.05, 0.1) is 0 Å². The molecule has 0 saturated heterocycles. The van der Waals surface area contributed by atoms with Gasteiger partial charge < -0.3 is 6.92 Å². The van der Waals surface area contributed by atoms with Gasteiger partial charge in [0.1, 0.15) is 0 Å². The van der Waals surface area contributed by atoms with Crippen molar-refractivity contribution in [3.05, 3.63) is 42.8 Å². The van der Waals surface area contributed by atoms with Crippen LogP contribution in [-0.2, 0) is 6.42 Å². The van der Waals surface area contributed by atoms with E-state index in [1.165, 1.54) is 5.56 Å². The van der Waals surface area contributed by atoms with Crippen LogP contribution in [0, 0.1) is 6.92 Å². The first-order valence-corrected chi connectivity index (χ1v) is 2.76. The Kier molecular flexibility index (Phi) is 6.16. The van der Waals surface area contributed by atoms with Crippen molar-refractivity contribution >= 4 is 0 Å². The minimum Gasteiger partial charge on any atom is -0.339 e. The van der Waals surface area contributed by atoms with E-state index in [-0.39, 0.29) is 51.4 Å². The maximum absolute atomic E-state index is 3.76. The zero-order chi connectivity index (χ0) is 5.82. The Morgan fingerprint density at radius 1 is 1.11 bits per heavy atom. The molecule has 0 fully saturated rings. The van der Waals surface area contributed by atoms with E-state index in [1.807, 2.05) is 18.2 Å². The molecule has 0 aliphatic heterocycles. The van der Waals surface area contributed by atoms with Gasteiger partial charge in [-0.15, -0.1) is 0 Å². The molecule has 0 aromatic heterocycles. The first kappa shape index (κ1) is 9.86. The molecule has 1 heteroatoms. The van der Waals surface area contributed by atoms with Crippen LogP contribution < -0.4 is 51.4 Å². The predicted molar refractivity (Wildman–Crippen MR) is 35.5 cm³/mol. The zero-order valence-electron chi connectivity index (χ0n) is 5.80. The van der Waals surface area contributed by atoms with Crippen molar-refractivity contribution in [2.45, 2.75) is 6.42 Å². The maximum Gasteiger partial charge on any atom is 1.00 e. The Balaban J connectivity index is 0.000000640. The number of benzene rings is 1. The molecule has 0 amide bonds. The second kappa shape index (κ2) is 5.63. The van der Waals surface area contributed by atoms with Gasteiger partial charge in [-0.3, -0.25) is 0 Å². The summed E-state index contributed by atoms with van der Waals surface area (Å²) in [6, 6.07) is 10.2. The molecular formula is C8H9K. The van der Waals surface area contributed by atoms with Gasteiger partial charge in [0.25, 0.3) is 0 Å². The largest absolute Gasteiger partial charge is 1.00 e.